The van der Waals surface area contributed by atoms with Crippen molar-refractivity contribution >= 4 is 11.9 Å². The molecular formula is C15H17NO5. The highest BCUT2D eigenvalue weighted by Crippen LogP contribution is 2.31. The Bertz CT molecular complexity index is 559. The van der Waals surface area contributed by atoms with Crippen molar-refractivity contribution in [1.29, 1.82) is 0 Å². The van der Waals surface area contributed by atoms with Gasteiger partial charge in [-0.3, -0.25) is 9.59 Å². The Kier molecular flexibility index (Phi) is 3.68. The van der Waals surface area contributed by atoms with Crippen molar-refractivity contribution in [2.75, 3.05) is 6.61 Å². The summed E-state index contributed by atoms with van der Waals surface area (Å²) < 4.78 is 11.1. The van der Waals surface area contributed by atoms with Gasteiger partial charge in [0.2, 0.25) is 6.10 Å². The molecule has 1 aromatic carbocycles. The Balaban J connectivity index is 1.57. The first-order chi connectivity index (χ1) is 10.1. The molecule has 1 aliphatic heterocycles. The third-order valence-electron chi connectivity index (χ3n) is 3.93. The second-order valence-corrected chi connectivity index (χ2v) is 5.42. The maximum atomic E-state index is 12.2. The zero-order valence-electron chi connectivity index (χ0n) is 11.5. The van der Waals surface area contributed by atoms with Crippen LogP contribution in [-0.4, -0.2) is 35.7 Å². The standard InChI is InChI=1S/C15H17NO5/c17-14(16-10-6-5-9(7-10)15(18)19)13-8-20-11-3-1-2-4-12(11)21-13/h1-4,9-10,13H,5-8H2,(H,16,17)(H,18,19)/t9-,10+,13?/m0/s1. The van der Waals surface area contributed by atoms with Crippen LogP contribution in [0.2, 0.25) is 0 Å². The van der Waals surface area contributed by atoms with Crippen molar-refractivity contribution < 1.29 is 24.2 Å². The molecule has 0 saturated heterocycles. The van der Waals surface area contributed by atoms with Gasteiger partial charge in [-0.15, -0.1) is 0 Å². The van der Waals surface area contributed by atoms with Crippen LogP contribution >= 0.6 is 0 Å². The summed E-state index contributed by atoms with van der Waals surface area (Å²) in [4.78, 5) is 23.1. The summed E-state index contributed by atoms with van der Waals surface area (Å²) in [7, 11) is 0. The molecule has 1 aromatic rings. The number of rotatable bonds is 3. The second-order valence-electron chi connectivity index (χ2n) is 5.42. The zero-order valence-corrected chi connectivity index (χ0v) is 11.5. The maximum absolute atomic E-state index is 12.2. The number of amides is 1. The smallest absolute Gasteiger partial charge is 0.306 e. The van der Waals surface area contributed by atoms with Crippen LogP contribution in [0, 0.1) is 5.92 Å². The largest absolute Gasteiger partial charge is 0.485 e. The Morgan fingerprint density at radius 1 is 1.19 bits per heavy atom. The van der Waals surface area contributed by atoms with Crippen LogP contribution in [-0.2, 0) is 9.59 Å². The van der Waals surface area contributed by atoms with Gasteiger partial charge >= 0.3 is 5.97 Å². The number of fused-ring (bicyclic) bond motifs is 1. The first kappa shape index (κ1) is 13.7. The van der Waals surface area contributed by atoms with E-state index >= 15 is 0 Å². The fourth-order valence-corrected chi connectivity index (χ4v) is 2.78. The van der Waals surface area contributed by atoms with Crippen molar-refractivity contribution in [3.63, 3.8) is 0 Å². The number of hydrogen-bond acceptors (Lipinski definition) is 4. The van der Waals surface area contributed by atoms with Gasteiger partial charge in [0.15, 0.2) is 11.5 Å². The quantitative estimate of drug-likeness (QED) is 0.874. The van der Waals surface area contributed by atoms with E-state index in [1.165, 1.54) is 0 Å². The van der Waals surface area contributed by atoms with Gasteiger partial charge in [0.1, 0.15) is 6.61 Å². The lowest BCUT2D eigenvalue weighted by molar-refractivity contribution is -0.141. The summed E-state index contributed by atoms with van der Waals surface area (Å²) in [6.07, 6.45) is 1.08. The lowest BCUT2D eigenvalue weighted by atomic mass is 10.1. The van der Waals surface area contributed by atoms with Gasteiger partial charge in [-0.1, -0.05) is 12.1 Å². The van der Waals surface area contributed by atoms with Crippen LogP contribution in [0.3, 0.4) is 0 Å². The first-order valence-corrected chi connectivity index (χ1v) is 7.05. The van der Waals surface area contributed by atoms with Gasteiger partial charge in [-0.25, -0.2) is 0 Å². The van der Waals surface area contributed by atoms with Crippen molar-refractivity contribution in [1.82, 2.24) is 5.32 Å². The summed E-state index contributed by atoms with van der Waals surface area (Å²) in [5.41, 5.74) is 0. The molecule has 0 bridgehead atoms. The van der Waals surface area contributed by atoms with Crippen LogP contribution in [0.5, 0.6) is 11.5 Å². The predicted octanol–water partition coefficient (Wildman–Crippen LogP) is 1.20. The molecule has 6 heteroatoms. The number of para-hydroxylation sites is 2. The van der Waals surface area contributed by atoms with E-state index in [0.717, 1.165) is 0 Å². The molecule has 1 amide bonds. The molecule has 2 aliphatic rings. The molecule has 3 rings (SSSR count). The molecule has 1 aliphatic carbocycles. The van der Waals surface area contributed by atoms with E-state index in [2.05, 4.69) is 5.32 Å². The van der Waals surface area contributed by atoms with E-state index in [-0.39, 0.29) is 24.5 Å². The summed E-state index contributed by atoms with van der Waals surface area (Å²) in [5, 5.41) is 11.8. The van der Waals surface area contributed by atoms with E-state index in [9.17, 15) is 9.59 Å². The Morgan fingerprint density at radius 2 is 1.95 bits per heavy atom. The van der Waals surface area contributed by atoms with E-state index in [1.54, 1.807) is 12.1 Å². The molecule has 6 nitrogen and oxygen atoms in total. The fraction of sp³-hybridized carbons (Fsp3) is 0.467. The van der Waals surface area contributed by atoms with Crippen LogP contribution in [0.25, 0.3) is 0 Å². The summed E-state index contributed by atoms with van der Waals surface area (Å²) >= 11 is 0. The molecule has 1 unspecified atom stereocenters. The van der Waals surface area contributed by atoms with E-state index in [1.807, 2.05) is 12.1 Å². The van der Waals surface area contributed by atoms with Crippen molar-refractivity contribution in [2.45, 2.75) is 31.4 Å². The highest BCUT2D eigenvalue weighted by molar-refractivity contribution is 5.82. The Labute approximate surface area is 122 Å². The van der Waals surface area contributed by atoms with Gasteiger partial charge in [-0.05, 0) is 31.4 Å². The fourth-order valence-electron chi connectivity index (χ4n) is 2.78. The maximum Gasteiger partial charge on any atom is 0.306 e. The number of benzene rings is 1. The lowest BCUT2D eigenvalue weighted by Gasteiger charge is -2.26. The van der Waals surface area contributed by atoms with Crippen LogP contribution in [0.4, 0.5) is 0 Å². The zero-order chi connectivity index (χ0) is 14.8. The molecule has 2 N–H and O–H groups in total. The van der Waals surface area contributed by atoms with E-state index in [0.29, 0.717) is 30.8 Å². The highest BCUT2D eigenvalue weighted by Gasteiger charge is 2.33. The van der Waals surface area contributed by atoms with E-state index < -0.39 is 12.1 Å². The Morgan fingerprint density at radius 3 is 2.67 bits per heavy atom. The minimum atomic E-state index is -0.794. The van der Waals surface area contributed by atoms with Crippen LogP contribution in [0.15, 0.2) is 24.3 Å². The molecule has 1 heterocycles. The molecule has 0 radical (unpaired) electrons. The number of aliphatic carboxylic acids is 1. The molecule has 1 fully saturated rings. The van der Waals surface area contributed by atoms with Gasteiger partial charge < -0.3 is 19.9 Å². The second kappa shape index (κ2) is 5.63. The number of hydrogen-bond donors (Lipinski definition) is 2. The van der Waals surface area contributed by atoms with Crippen molar-refractivity contribution in [3.05, 3.63) is 24.3 Å². The van der Waals surface area contributed by atoms with Gasteiger partial charge in [0, 0.05) is 6.04 Å². The van der Waals surface area contributed by atoms with Crippen molar-refractivity contribution in [2.24, 2.45) is 5.92 Å². The van der Waals surface area contributed by atoms with Crippen LogP contribution in [0.1, 0.15) is 19.3 Å². The van der Waals surface area contributed by atoms with Gasteiger partial charge in [0.05, 0.1) is 5.92 Å². The molecule has 0 aromatic heterocycles. The molecule has 3 atom stereocenters. The monoisotopic (exact) mass is 291 g/mol. The van der Waals surface area contributed by atoms with E-state index in [4.69, 9.17) is 14.6 Å². The molecule has 21 heavy (non-hydrogen) atoms. The summed E-state index contributed by atoms with van der Waals surface area (Å²) in [6.45, 7) is 0.165. The first-order valence-electron chi connectivity index (χ1n) is 7.05. The number of carboxylic acid groups (broad SMARTS) is 1. The minimum absolute atomic E-state index is 0.0978. The highest BCUT2D eigenvalue weighted by atomic mass is 16.6. The third kappa shape index (κ3) is 2.94. The SMILES string of the molecule is O=C(N[C@@H]1CC[C@H](C(=O)O)C1)C1COc2ccccc2O1. The number of carbonyl (C=O) groups is 2. The molecule has 0 spiro atoms. The average Bonchev–Trinajstić information content (AvgIpc) is 2.95. The Hall–Kier alpha value is -2.24. The number of ether oxygens (including phenoxy) is 2. The van der Waals surface area contributed by atoms with Crippen molar-refractivity contribution in [3.8, 4) is 11.5 Å². The number of carboxylic acids is 1. The number of carbonyl (C=O) groups excluding carboxylic acids is 1. The predicted molar refractivity (Wildman–Crippen MR) is 73.3 cm³/mol. The minimum Gasteiger partial charge on any atom is -0.485 e. The normalized spacial score (nSPS) is 27.1. The molecular weight excluding hydrogens is 274 g/mol. The molecule has 112 valence electrons. The van der Waals surface area contributed by atoms with Crippen LogP contribution < -0.4 is 14.8 Å². The van der Waals surface area contributed by atoms with Gasteiger partial charge in [0.25, 0.3) is 5.91 Å². The summed E-state index contributed by atoms with van der Waals surface area (Å²) in [6, 6.07) is 7.10. The average molecular weight is 291 g/mol. The topological polar surface area (TPSA) is 84.9 Å². The van der Waals surface area contributed by atoms with Gasteiger partial charge in [-0.2, -0.15) is 0 Å². The summed E-state index contributed by atoms with van der Waals surface area (Å²) in [5.74, 6) is -0.217. The third-order valence-corrected chi connectivity index (χ3v) is 3.93. The lowest BCUT2D eigenvalue weighted by Crippen LogP contribution is -2.47. The number of nitrogens with one attached hydrogen (secondary N) is 1. The molecule has 1 saturated carbocycles.